The Morgan fingerprint density at radius 2 is 1.57 bits per heavy atom. The van der Waals surface area contributed by atoms with E-state index in [2.05, 4.69) is 20.9 Å². The fourth-order valence-corrected chi connectivity index (χ4v) is 0.897. The average Bonchev–Trinajstić information content (AvgIpc) is 2.02. The molecule has 0 radical (unpaired) electrons. The van der Waals surface area contributed by atoms with E-state index in [1.165, 1.54) is 0 Å². The SMILES string of the molecule is F[B-](F)(F)F.N#[N+]c1ccccc1Br. The highest BCUT2D eigenvalue weighted by Crippen LogP contribution is 2.23. The zero-order valence-electron chi connectivity index (χ0n) is 6.67. The maximum atomic E-state index is 9.75. The van der Waals surface area contributed by atoms with Gasteiger partial charge in [-0.3, -0.25) is 0 Å². The Balaban J connectivity index is 0.000000292. The van der Waals surface area contributed by atoms with Crippen LogP contribution in [0.1, 0.15) is 0 Å². The van der Waals surface area contributed by atoms with Crippen molar-refractivity contribution in [2.75, 3.05) is 0 Å². The summed E-state index contributed by atoms with van der Waals surface area (Å²) in [6, 6.07) is 7.19. The van der Waals surface area contributed by atoms with Crippen molar-refractivity contribution in [1.29, 1.82) is 5.39 Å². The third kappa shape index (κ3) is 7.55. The Morgan fingerprint density at radius 1 is 1.14 bits per heavy atom. The van der Waals surface area contributed by atoms with Crippen molar-refractivity contribution in [1.82, 2.24) is 0 Å². The summed E-state index contributed by atoms with van der Waals surface area (Å²) in [5.41, 5.74) is 0.553. The zero-order chi connectivity index (χ0) is 11.2. The maximum absolute atomic E-state index is 9.75. The summed E-state index contributed by atoms with van der Waals surface area (Å²) in [5.74, 6) is 0. The molecule has 0 atom stereocenters. The Bertz CT molecular complexity index is 329. The Labute approximate surface area is 85.8 Å². The summed E-state index contributed by atoms with van der Waals surface area (Å²) < 4.78 is 39.8. The predicted octanol–water partition coefficient (Wildman–Crippen LogP) is 4.23. The fourth-order valence-electron chi connectivity index (χ4n) is 0.533. The van der Waals surface area contributed by atoms with Gasteiger partial charge in [-0.15, -0.1) is 0 Å². The van der Waals surface area contributed by atoms with Gasteiger partial charge >= 0.3 is 12.9 Å². The van der Waals surface area contributed by atoms with Crippen LogP contribution in [0.5, 0.6) is 0 Å². The molecule has 2 nitrogen and oxygen atoms in total. The number of nitrogens with zero attached hydrogens (tertiary/aromatic N) is 2. The number of hydrogen-bond acceptors (Lipinski definition) is 1. The van der Waals surface area contributed by atoms with E-state index in [0.717, 1.165) is 4.47 Å². The molecule has 1 aromatic carbocycles. The second-order valence-electron chi connectivity index (χ2n) is 2.05. The van der Waals surface area contributed by atoms with Crippen molar-refractivity contribution in [2.45, 2.75) is 0 Å². The van der Waals surface area contributed by atoms with Gasteiger partial charge in [0.15, 0.2) is 4.98 Å². The number of benzene rings is 1. The molecule has 1 aromatic rings. The molecule has 1 rings (SSSR count). The highest BCUT2D eigenvalue weighted by atomic mass is 79.9. The summed E-state index contributed by atoms with van der Waals surface area (Å²) in [7, 11) is -6.00. The smallest absolute Gasteiger partial charge is 0.418 e. The molecule has 0 aliphatic carbocycles. The average molecular weight is 271 g/mol. The summed E-state index contributed by atoms with van der Waals surface area (Å²) in [6.45, 7) is 0. The van der Waals surface area contributed by atoms with Gasteiger partial charge in [0.05, 0.1) is 0 Å². The lowest BCUT2D eigenvalue weighted by Gasteiger charge is -1.94. The highest BCUT2D eigenvalue weighted by Gasteiger charge is 2.20. The predicted molar refractivity (Wildman–Crippen MR) is 49.1 cm³/mol. The van der Waals surface area contributed by atoms with Crippen molar-refractivity contribution in [3.8, 4) is 0 Å². The summed E-state index contributed by atoms with van der Waals surface area (Å²) in [4.78, 5) is 3.02. The minimum Gasteiger partial charge on any atom is -0.418 e. The normalized spacial score (nSPS) is 9.71. The zero-order valence-corrected chi connectivity index (χ0v) is 8.26. The van der Waals surface area contributed by atoms with Crippen LogP contribution in [0.25, 0.3) is 4.98 Å². The van der Waals surface area contributed by atoms with Gasteiger partial charge in [-0.2, -0.15) is 0 Å². The fraction of sp³-hybridized carbons (Fsp3) is 0. The third-order valence-corrected chi connectivity index (χ3v) is 1.63. The Hall–Kier alpha value is -1.10. The van der Waals surface area contributed by atoms with Crippen molar-refractivity contribution in [2.24, 2.45) is 0 Å². The van der Waals surface area contributed by atoms with E-state index in [0.29, 0.717) is 5.69 Å². The monoisotopic (exact) mass is 270 g/mol. The van der Waals surface area contributed by atoms with Gasteiger partial charge in [-0.1, -0.05) is 12.1 Å². The lowest BCUT2D eigenvalue weighted by Crippen LogP contribution is -2.02. The van der Waals surface area contributed by atoms with Gasteiger partial charge in [0.2, 0.25) is 5.39 Å². The van der Waals surface area contributed by atoms with Gasteiger partial charge in [-0.25, -0.2) is 0 Å². The van der Waals surface area contributed by atoms with Gasteiger partial charge in [0, 0.05) is 6.07 Å². The summed E-state index contributed by atoms with van der Waals surface area (Å²) in [5, 5.41) is 8.31. The minimum absolute atomic E-state index is 0.553. The molecular formula is C6H4BBrF4N2. The largest absolute Gasteiger partial charge is 0.673 e. The molecule has 0 bridgehead atoms. The third-order valence-electron chi connectivity index (χ3n) is 0.960. The molecular weight excluding hydrogens is 267 g/mol. The van der Waals surface area contributed by atoms with Gasteiger partial charge in [0.25, 0.3) is 0 Å². The first-order valence-electron chi connectivity index (χ1n) is 3.31. The van der Waals surface area contributed by atoms with Crippen LogP contribution in [0.3, 0.4) is 0 Å². The second-order valence-corrected chi connectivity index (χ2v) is 2.90. The van der Waals surface area contributed by atoms with Crippen LogP contribution in [0.2, 0.25) is 0 Å². The Morgan fingerprint density at radius 3 is 1.86 bits per heavy atom. The molecule has 0 spiro atoms. The molecule has 0 saturated carbocycles. The first-order chi connectivity index (χ1) is 6.34. The molecule has 0 saturated heterocycles. The lowest BCUT2D eigenvalue weighted by atomic mass is 10.3. The molecule has 14 heavy (non-hydrogen) atoms. The van der Waals surface area contributed by atoms with Gasteiger partial charge in [0.1, 0.15) is 4.47 Å². The van der Waals surface area contributed by atoms with Crippen LogP contribution < -0.4 is 0 Å². The molecule has 0 unspecified atom stereocenters. The van der Waals surface area contributed by atoms with Crippen LogP contribution in [-0.4, -0.2) is 7.25 Å². The molecule has 0 fully saturated rings. The van der Waals surface area contributed by atoms with E-state index in [9.17, 15) is 17.3 Å². The topological polar surface area (TPSA) is 28.1 Å². The van der Waals surface area contributed by atoms with Crippen molar-refractivity contribution >= 4 is 28.9 Å². The first-order valence-corrected chi connectivity index (χ1v) is 4.11. The maximum Gasteiger partial charge on any atom is 0.673 e. The van der Waals surface area contributed by atoms with Crippen LogP contribution in [0.4, 0.5) is 23.0 Å². The Kier molecular flexibility index (Phi) is 5.16. The first kappa shape index (κ1) is 12.9. The van der Waals surface area contributed by atoms with Crippen LogP contribution in [0, 0.1) is 5.39 Å². The number of halogens is 5. The van der Waals surface area contributed by atoms with Gasteiger partial charge in [-0.05, 0) is 22.0 Å². The van der Waals surface area contributed by atoms with Crippen LogP contribution in [0.15, 0.2) is 28.7 Å². The summed E-state index contributed by atoms with van der Waals surface area (Å²) in [6.07, 6.45) is 0. The highest BCUT2D eigenvalue weighted by molar-refractivity contribution is 9.10. The van der Waals surface area contributed by atoms with Crippen molar-refractivity contribution in [3.05, 3.63) is 33.7 Å². The van der Waals surface area contributed by atoms with E-state index >= 15 is 0 Å². The standard InChI is InChI=1S/C6H4BrN2.BF4/c7-5-3-1-2-4-6(5)9-8;2-1(3,4)5/h1-4H;/q+1;-1. The molecule has 0 aromatic heterocycles. The number of hydrogen-bond donors (Lipinski definition) is 0. The molecule has 0 N–H and O–H groups in total. The van der Waals surface area contributed by atoms with Crippen molar-refractivity contribution in [3.63, 3.8) is 0 Å². The second kappa shape index (κ2) is 5.60. The minimum atomic E-state index is -6.00. The van der Waals surface area contributed by atoms with E-state index in [1.807, 2.05) is 12.1 Å². The van der Waals surface area contributed by atoms with E-state index in [4.69, 9.17) is 5.39 Å². The van der Waals surface area contributed by atoms with Crippen LogP contribution >= 0.6 is 15.9 Å². The number of rotatable bonds is 0. The molecule has 8 heteroatoms. The van der Waals surface area contributed by atoms with Gasteiger partial charge < -0.3 is 17.3 Å². The lowest BCUT2D eigenvalue weighted by molar-refractivity contribution is 0.368. The molecule has 0 heterocycles. The molecule has 76 valence electrons. The quantitative estimate of drug-likeness (QED) is 0.394. The number of diazo groups is 1. The van der Waals surface area contributed by atoms with E-state index < -0.39 is 7.25 Å². The van der Waals surface area contributed by atoms with Crippen LogP contribution in [-0.2, 0) is 0 Å². The van der Waals surface area contributed by atoms with Crippen molar-refractivity contribution < 1.29 is 17.3 Å². The van der Waals surface area contributed by atoms with E-state index in [1.54, 1.807) is 12.1 Å². The molecule has 0 amide bonds. The van der Waals surface area contributed by atoms with E-state index in [-0.39, 0.29) is 0 Å². The summed E-state index contributed by atoms with van der Waals surface area (Å²) >= 11 is 3.20. The molecule has 0 aliphatic heterocycles. The molecule has 0 aliphatic rings.